The van der Waals surface area contributed by atoms with Crippen LogP contribution in [0.5, 0.6) is 0 Å². The van der Waals surface area contributed by atoms with Crippen LogP contribution < -0.4 is 15.5 Å². The van der Waals surface area contributed by atoms with Crippen LogP contribution in [0.1, 0.15) is 20.8 Å². The number of rotatable bonds is 7. The van der Waals surface area contributed by atoms with Gasteiger partial charge < -0.3 is 20.3 Å². The maximum atomic E-state index is 13.5. The maximum absolute atomic E-state index is 13.5. The summed E-state index contributed by atoms with van der Waals surface area (Å²) in [5.74, 6) is -0.815. The van der Waals surface area contributed by atoms with Crippen LogP contribution in [0.15, 0.2) is 72.9 Å². The number of hydrogen-bond acceptors (Lipinski definition) is 7. The Morgan fingerprint density at radius 2 is 1.74 bits per heavy atom. The highest BCUT2D eigenvalue weighted by Gasteiger charge is 2.26. The summed E-state index contributed by atoms with van der Waals surface area (Å²) in [7, 11) is 1.32. The van der Waals surface area contributed by atoms with Crippen LogP contribution in [0.3, 0.4) is 0 Å². The minimum absolute atomic E-state index is 0.287. The van der Waals surface area contributed by atoms with Crippen molar-refractivity contribution < 1.29 is 14.3 Å². The van der Waals surface area contributed by atoms with Crippen LogP contribution in [0.2, 0.25) is 0 Å². The van der Waals surface area contributed by atoms with Crippen LogP contribution >= 0.6 is 0 Å². The molecule has 34 heavy (non-hydrogen) atoms. The summed E-state index contributed by atoms with van der Waals surface area (Å²) in [6.45, 7) is 4.60. The van der Waals surface area contributed by atoms with Gasteiger partial charge in [0.15, 0.2) is 0 Å². The predicted molar refractivity (Wildman–Crippen MR) is 133 cm³/mol. The average molecular weight is 460 g/mol. The van der Waals surface area contributed by atoms with E-state index in [1.165, 1.54) is 12.8 Å². The van der Waals surface area contributed by atoms with Gasteiger partial charge >= 0.3 is 5.97 Å². The number of carbonyl (C=O) groups excluding carboxylic acids is 2. The van der Waals surface area contributed by atoms with Crippen molar-refractivity contribution in [2.45, 2.75) is 0 Å². The number of nitrogens with zero attached hydrogens (tertiary/aromatic N) is 4. The van der Waals surface area contributed by atoms with Gasteiger partial charge in [-0.15, -0.1) is 0 Å². The number of amides is 1. The number of carbonyl (C=O) groups is 2. The molecule has 8 nitrogen and oxygen atoms in total. The quantitative estimate of drug-likeness (QED) is 0.429. The third-order valence-electron chi connectivity index (χ3n) is 5.98. The van der Waals surface area contributed by atoms with E-state index in [1.807, 2.05) is 18.2 Å². The molecule has 2 aromatic carbocycles. The lowest BCUT2D eigenvalue weighted by Gasteiger charge is -2.37. The summed E-state index contributed by atoms with van der Waals surface area (Å²) in [4.78, 5) is 36.4. The van der Waals surface area contributed by atoms with Crippen molar-refractivity contribution >= 4 is 28.9 Å². The van der Waals surface area contributed by atoms with Gasteiger partial charge in [0.05, 0.1) is 18.4 Å². The van der Waals surface area contributed by atoms with Crippen molar-refractivity contribution in [1.29, 1.82) is 0 Å². The first-order valence-electron chi connectivity index (χ1n) is 11.3. The van der Waals surface area contributed by atoms with Crippen molar-refractivity contribution in [3.63, 3.8) is 0 Å². The van der Waals surface area contributed by atoms with Crippen molar-refractivity contribution in [2.75, 3.05) is 61.9 Å². The van der Waals surface area contributed by atoms with E-state index in [0.29, 0.717) is 30.2 Å². The van der Waals surface area contributed by atoms with E-state index < -0.39 is 5.97 Å². The molecule has 0 saturated carbocycles. The van der Waals surface area contributed by atoms with E-state index in [9.17, 15) is 9.59 Å². The summed E-state index contributed by atoms with van der Waals surface area (Å²) in [5, 5.41) is 0. The smallest absolute Gasteiger partial charge is 0.339 e. The molecule has 3 aromatic rings. The fraction of sp³-hybridized carbons (Fsp3) is 0.269. The number of para-hydroxylation sites is 1. The van der Waals surface area contributed by atoms with Crippen molar-refractivity contribution in [1.82, 2.24) is 9.88 Å². The highest BCUT2D eigenvalue weighted by atomic mass is 16.5. The standard InChI is InChI=1S/C26H29N5O3/c1-34-26(33)22-11-10-20(27)19-24(22)31(25(32)23-9-5-6-12-28-23)18-15-29-13-16-30(17-14-29)21-7-3-2-4-8-21/h2-12,19H,13-18,27H2,1H3. The van der Waals surface area contributed by atoms with E-state index >= 15 is 0 Å². The van der Waals surface area contributed by atoms with Crippen LogP contribution in [-0.4, -0.2) is 68.1 Å². The largest absolute Gasteiger partial charge is 0.465 e. The zero-order valence-electron chi connectivity index (χ0n) is 19.3. The van der Waals surface area contributed by atoms with Gasteiger partial charge in [-0.25, -0.2) is 4.79 Å². The van der Waals surface area contributed by atoms with Crippen LogP contribution in [-0.2, 0) is 4.74 Å². The molecule has 4 rings (SSSR count). The summed E-state index contributed by atoms with van der Waals surface area (Å²) in [6, 6.07) is 20.4. The van der Waals surface area contributed by atoms with E-state index in [-0.39, 0.29) is 11.5 Å². The Morgan fingerprint density at radius 3 is 2.41 bits per heavy atom. The molecule has 8 heteroatoms. The Hall–Kier alpha value is -3.91. The summed E-state index contributed by atoms with van der Waals surface area (Å²) in [5.41, 5.74) is 8.72. The van der Waals surface area contributed by atoms with Gasteiger partial charge in [0.1, 0.15) is 5.69 Å². The highest BCUT2D eigenvalue weighted by molar-refractivity contribution is 6.09. The van der Waals surface area contributed by atoms with Gasteiger partial charge in [-0.2, -0.15) is 0 Å². The SMILES string of the molecule is COC(=O)c1ccc(N)cc1N(CCN1CCN(c2ccccc2)CC1)C(=O)c1ccccn1. The molecule has 0 spiro atoms. The zero-order valence-corrected chi connectivity index (χ0v) is 19.3. The number of esters is 1. The van der Waals surface area contributed by atoms with Gasteiger partial charge in [-0.3, -0.25) is 14.7 Å². The second-order valence-electron chi connectivity index (χ2n) is 8.10. The highest BCUT2D eigenvalue weighted by Crippen LogP contribution is 2.26. The molecule has 1 saturated heterocycles. The van der Waals surface area contributed by atoms with E-state index in [2.05, 4.69) is 26.9 Å². The van der Waals surface area contributed by atoms with Gasteiger partial charge in [0.2, 0.25) is 0 Å². The average Bonchev–Trinajstić information content (AvgIpc) is 2.89. The minimum Gasteiger partial charge on any atom is -0.465 e. The molecule has 0 radical (unpaired) electrons. The number of piperazine rings is 1. The van der Waals surface area contributed by atoms with Crippen LogP contribution in [0.4, 0.5) is 17.1 Å². The number of pyridine rings is 1. The first-order chi connectivity index (χ1) is 16.6. The first-order valence-corrected chi connectivity index (χ1v) is 11.3. The van der Waals surface area contributed by atoms with Crippen molar-refractivity contribution in [3.05, 3.63) is 84.2 Å². The normalized spacial score (nSPS) is 14.0. The molecule has 2 heterocycles. The number of hydrogen-bond donors (Lipinski definition) is 1. The molecular formula is C26H29N5O3. The van der Waals surface area contributed by atoms with E-state index in [4.69, 9.17) is 10.5 Å². The number of methoxy groups -OCH3 is 1. The molecular weight excluding hydrogens is 430 g/mol. The third-order valence-corrected chi connectivity index (χ3v) is 5.98. The number of anilines is 3. The minimum atomic E-state index is -0.523. The molecule has 1 amide bonds. The molecule has 2 N–H and O–H groups in total. The molecule has 1 aliphatic rings. The molecule has 0 aliphatic carbocycles. The molecule has 176 valence electrons. The summed E-state index contributed by atoms with van der Waals surface area (Å²) < 4.78 is 4.95. The van der Waals surface area contributed by atoms with Gasteiger partial charge in [0, 0.05) is 56.8 Å². The molecule has 1 fully saturated rings. The Bertz CT molecular complexity index is 1120. The lowest BCUT2D eigenvalue weighted by atomic mass is 10.1. The van der Waals surface area contributed by atoms with Crippen molar-refractivity contribution in [3.8, 4) is 0 Å². The Kier molecular flexibility index (Phi) is 7.39. The predicted octanol–water partition coefficient (Wildman–Crippen LogP) is 2.92. The number of nitrogens with two attached hydrogens (primary N) is 1. The number of benzene rings is 2. The van der Waals surface area contributed by atoms with Gasteiger partial charge in [0.25, 0.3) is 5.91 Å². The molecule has 0 atom stereocenters. The van der Waals surface area contributed by atoms with Gasteiger partial charge in [-0.1, -0.05) is 24.3 Å². The molecule has 1 aromatic heterocycles. The van der Waals surface area contributed by atoms with Crippen molar-refractivity contribution in [2.24, 2.45) is 0 Å². The summed E-state index contributed by atoms with van der Waals surface area (Å²) in [6.07, 6.45) is 1.58. The molecule has 0 unspecified atom stereocenters. The fourth-order valence-corrected chi connectivity index (χ4v) is 4.12. The van der Waals surface area contributed by atoms with Gasteiger partial charge in [-0.05, 0) is 42.5 Å². The summed E-state index contributed by atoms with van der Waals surface area (Å²) >= 11 is 0. The second-order valence-corrected chi connectivity index (χ2v) is 8.10. The lowest BCUT2D eigenvalue weighted by Crippen LogP contribution is -2.49. The lowest BCUT2D eigenvalue weighted by molar-refractivity contribution is 0.0601. The van der Waals surface area contributed by atoms with E-state index in [0.717, 1.165) is 26.2 Å². The monoisotopic (exact) mass is 459 g/mol. The Morgan fingerprint density at radius 1 is 1.00 bits per heavy atom. The molecule has 1 aliphatic heterocycles. The van der Waals surface area contributed by atoms with E-state index in [1.54, 1.807) is 47.5 Å². The topological polar surface area (TPSA) is 92.0 Å². The number of nitrogen functional groups attached to an aromatic ring is 1. The Labute approximate surface area is 199 Å². The van der Waals surface area contributed by atoms with Crippen LogP contribution in [0, 0.1) is 0 Å². The first kappa shape index (κ1) is 23.3. The number of aromatic nitrogens is 1. The Balaban J connectivity index is 1.53. The zero-order chi connectivity index (χ0) is 23.9. The molecule has 0 bridgehead atoms. The third kappa shape index (κ3) is 5.35. The fourth-order valence-electron chi connectivity index (χ4n) is 4.12. The maximum Gasteiger partial charge on any atom is 0.339 e. The second kappa shape index (κ2) is 10.8. The van der Waals surface area contributed by atoms with Crippen LogP contribution in [0.25, 0.3) is 0 Å². The number of ether oxygens (including phenoxy) is 1.